The van der Waals surface area contributed by atoms with Crippen molar-refractivity contribution in [2.45, 2.75) is 44.6 Å². The molecule has 0 saturated carbocycles. The molecule has 0 fully saturated rings. The predicted octanol–water partition coefficient (Wildman–Crippen LogP) is 4.43. The number of carbonyl (C=O) groups excluding carboxylic acids is 2. The molecular formula is C17H15F5I2O7. The molecule has 0 radical (unpaired) electrons. The highest BCUT2D eigenvalue weighted by molar-refractivity contribution is 14.1. The number of hydrogen-bond acceptors (Lipinski definition) is 6. The van der Waals surface area contributed by atoms with E-state index in [2.05, 4.69) is 9.47 Å². The first-order chi connectivity index (χ1) is 14.0. The van der Waals surface area contributed by atoms with Crippen LogP contribution in [0.15, 0.2) is 12.1 Å². The molecule has 0 aromatic heterocycles. The molecule has 2 N–H and O–H groups in total. The number of aliphatic carboxylic acids is 1. The summed E-state index contributed by atoms with van der Waals surface area (Å²) in [6, 6.07) is 2.26. The van der Waals surface area contributed by atoms with Crippen molar-refractivity contribution in [1.29, 1.82) is 0 Å². The zero-order valence-corrected chi connectivity index (χ0v) is 20.0. The van der Waals surface area contributed by atoms with Crippen LogP contribution in [0.4, 0.5) is 22.0 Å². The van der Waals surface area contributed by atoms with E-state index < -0.39 is 54.6 Å². The van der Waals surface area contributed by atoms with E-state index in [0.717, 1.165) is 26.0 Å². The van der Waals surface area contributed by atoms with E-state index in [1.807, 2.05) is 0 Å². The third kappa shape index (κ3) is 7.28. The molecule has 0 aliphatic heterocycles. The van der Waals surface area contributed by atoms with Crippen molar-refractivity contribution < 1.29 is 56.0 Å². The number of phenolic OH excluding ortho intramolecular Hbond substituents is 1. The molecule has 1 rings (SSSR count). The monoisotopic (exact) mass is 680 g/mol. The summed E-state index contributed by atoms with van der Waals surface area (Å²) in [6.07, 6.45) is -10.8. The molecule has 174 valence electrons. The van der Waals surface area contributed by atoms with Gasteiger partial charge in [0.25, 0.3) is 0 Å². The highest BCUT2D eigenvalue weighted by atomic mass is 127. The maximum Gasteiger partial charge on any atom is 0.490 e. The van der Waals surface area contributed by atoms with Gasteiger partial charge in [-0.25, -0.2) is 9.59 Å². The van der Waals surface area contributed by atoms with E-state index >= 15 is 0 Å². The van der Waals surface area contributed by atoms with Crippen molar-refractivity contribution in [3.63, 3.8) is 0 Å². The Balaban J connectivity index is 3.24. The molecule has 2 atom stereocenters. The summed E-state index contributed by atoms with van der Waals surface area (Å²) in [7, 11) is 0. The number of halogens is 7. The van der Waals surface area contributed by atoms with Gasteiger partial charge < -0.3 is 19.7 Å². The Labute approximate surface area is 199 Å². The van der Waals surface area contributed by atoms with Crippen LogP contribution in [0.5, 0.6) is 5.75 Å². The predicted molar refractivity (Wildman–Crippen MR) is 110 cm³/mol. The summed E-state index contributed by atoms with van der Waals surface area (Å²) in [6.45, 7) is 2.31. The SMILES string of the molecule is CC(C)C(OC(=O)CC(OC(=O)C(F)(F)F)c1cc(I)c(O)c(I)c1)C(F)(F)C(=O)O. The second-order valence-corrected chi connectivity index (χ2v) is 8.84. The molecule has 0 heterocycles. The van der Waals surface area contributed by atoms with Crippen LogP contribution in [0.1, 0.15) is 31.9 Å². The van der Waals surface area contributed by atoms with Crippen LogP contribution in [0.3, 0.4) is 0 Å². The zero-order chi connectivity index (χ0) is 24.3. The third-order valence-corrected chi connectivity index (χ3v) is 5.39. The molecule has 1 aromatic rings. The van der Waals surface area contributed by atoms with Gasteiger partial charge in [-0.05, 0) is 68.8 Å². The number of phenols is 1. The van der Waals surface area contributed by atoms with Crippen LogP contribution in [0.2, 0.25) is 0 Å². The molecule has 2 unspecified atom stereocenters. The molecule has 0 amide bonds. The number of carboxylic acids is 1. The van der Waals surface area contributed by atoms with Crippen molar-refractivity contribution in [1.82, 2.24) is 0 Å². The van der Waals surface area contributed by atoms with E-state index in [-0.39, 0.29) is 18.5 Å². The van der Waals surface area contributed by atoms with Gasteiger partial charge in [0, 0.05) is 0 Å². The van der Waals surface area contributed by atoms with Gasteiger partial charge in [-0.15, -0.1) is 0 Å². The minimum atomic E-state index is -5.41. The fraction of sp³-hybridized carbons (Fsp3) is 0.471. The lowest BCUT2D eigenvalue weighted by Gasteiger charge is -2.27. The summed E-state index contributed by atoms with van der Waals surface area (Å²) in [5.74, 6) is -12.6. The Kier molecular flexibility index (Phi) is 9.28. The molecule has 0 spiro atoms. The van der Waals surface area contributed by atoms with Crippen molar-refractivity contribution in [3.8, 4) is 5.75 Å². The maximum atomic E-state index is 13.9. The van der Waals surface area contributed by atoms with Gasteiger partial charge in [-0.2, -0.15) is 22.0 Å². The van der Waals surface area contributed by atoms with Crippen molar-refractivity contribution in [2.75, 3.05) is 0 Å². The van der Waals surface area contributed by atoms with Gasteiger partial charge in [0.1, 0.15) is 11.9 Å². The van der Waals surface area contributed by atoms with E-state index in [4.69, 9.17) is 5.11 Å². The molecule has 14 heteroatoms. The molecule has 0 bridgehead atoms. The fourth-order valence-electron chi connectivity index (χ4n) is 2.29. The number of carbonyl (C=O) groups is 3. The van der Waals surface area contributed by atoms with Gasteiger partial charge in [-0.3, -0.25) is 4.79 Å². The second-order valence-electron chi connectivity index (χ2n) is 6.51. The lowest BCUT2D eigenvalue weighted by atomic mass is 10.0. The lowest BCUT2D eigenvalue weighted by molar-refractivity contribution is -0.209. The van der Waals surface area contributed by atoms with Crippen LogP contribution in [-0.4, -0.2) is 46.3 Å². The average Bonchev–Trinajstić information content (AvgIpc) is 2.61. The minimum Gasteiger partial charge on any atom is -0.506 e. The largest absolute Gasteiger partial charge is 0.506 e. The van der Waals surface area contributed by atoms with Crippen molar-refractivity contribution >= 4 is 63.1 Å². The molecule has 0 aliphatic carbocycles. The topological polar surface area (TPSA) is 110 Å². The molecule has 7 nitrogen and oxygen atoms in total. The first-order valence-electron chi connectivity index (χ1n) is 8.24. The Morgan fingerprint density at radius 3 is 1.90 bits per heavy atom. The summed E-state index contributed by atoms with van der Waals surface area (Å²) in [5.41, 5.74) is -0.146. The number of rotatable bonds is 8. The number of hydrogen-bond donors (Lipinski definition) is 2. The molecular weight excluding hydrogens is 665 g/mol. The molecule has 0 aliphatic rings. The number of benzene rings is 1. The van der Waals surface area contributed by atoms with Gasteiger partial charge in [0.05, 0.1) is 13.6 Å². The fourth-order valence-corrected chi connectivity index (χ4v) is 4.10. The lowest BCUT2D eigenvalue weighted by Crippen LogP contribution is -2.47. The van der Waals surface area contributed by atoms with Gasteiger partial charge >= 0.3 is 30.0 Å². The molecule has 1 aromatic carbocycles. The first kappa shape index (κ1) is 27.6. The van der Waals surface area contributed by atoms with Crippen LogP contribution in [0, 0.1) is 13.1 Å². The van der Waals surface area contributed by atoms with Gasteiger partial charge in [0.15, 0.2) is 6.10 Å². The summed E-state index contributed by atoms with van der Waals surface area (Å²) in [4.78, 5) is 34.3. The Bertz CT molecular complexity index is 835. The minimum absolute atomic E-state index is 0.146. The summed E-state index contributed by atoms with van der Waals surface area (Å²) in [5, 5.41) is 18.5. The van der Waals surface area contributed by atoms with E-state index in [1.54, 1.807) is 45.2 Å². The smallest absolute Gasteiger partial charge is 0.490 e. The number of esters is 2. The zero-order valence-electron chi connectivity index (χ0n) is 15.7. The van der Waals surface area contributed by atoms with Gasteiger partial charge in [0.2, 0.25) is 0 Å². The Morgan fingerprint density at radius 1 is 1.03 bits per heavy atom. The average molecular weight is 680 g/mol. The highest BCUT2D eigenvalue weighted by Gasteiger charge is 2.52. The number of alkyl halides is 5. The summed E-state index contributed by atoms with van der Waals surface area (Å²) < 4.78 is 74.8. The highest BCUT2D eigenvalue weighted by Crippen LogP contribution is 2.34. The van der Waals surface area contributed by atoms with Crippen LogP contribution in [-0.2, 0) is 23.9 Å². The van der Waals surface area contributed by atoms with E-state index in [9.17, 15) is 41.4 Å². The van der Waals surface area contributed by atoms with Gasteiger partial charge in [-0.1, -0.05) is 13.8 Å². The van der Waals surface area contributed by atoms with E-state index in [1.165, 1.54) is 0 Å². The Morgan fingerprint density at radius 2 is 1.52 bits per heavy atom. The third-order valence-electron chi connectivity index (χ3n) is 3.75. The number of ether oxygens (including phenoxy) is 2. The molecule has 0 saturated heterocycles. The first-order valence-corrected chi connectivity index (χ1v) is 10.4. The van der Waals surface area contributed by atoms with E-state index in [0.29, 0.717) is 0 Å². The second kappa shape index (κ2) is 10.4. The number of aromatic hydroxyl groups is 1. The Hall–Kier alpha value is -1.46. The van der Waals surface area contributed by atoms with Crippen molar-refractivity contribution in [2.24, 2.45) is 5.92 Å². The summed E-state index contributed by atoms with van der Waals surface area (Å²) >= 11 is 3.28. The van der Waals surface area contributed by atoms with Crippen molar-refractivity contribution in [3.05, 3.63) is 24.8 Å². The number of carboxylic acid groups (broad SMARTS) is 1. The normalized spacial score (nSPS) is 14.1. The van der Waals surface area contributed by atoms with Crippen LogP contribution >= 0.6 is 45.2 Å². The van der Waals surface area contributed by atoms with Crippen LogP contribution in [0.25, 0.3) is 0 Å². The maximum absolute atomic E-state index is 13.9. The quantitative estimate of drug-likeness (QED) is 0.238. The standard InChI is InChI=1S/C17H15F5I2O7/c1-6(2)13(16(18,19)14(27)28)31-11(25)5-10(30-15(29)17(20,21)22)7-3-8(23)12(26)9(24)4-7/h3-4,6,10,13,26H,5H2,1-2H3,(H,27,28). The van der Waals surface area contributed by atoms with Crippen LogP contribution < -0.4 is 0 Å². The molecule has 31 heavy (non-hydrogen) atoms.